The minimum atomic E-state index is -1.85. The van der Waals surface area contributed by atoms with Crippen LogP contribution < -0.4 is 0 Å². The summed E-state index contributed by atoms with van der Waals surface area (Å²) in [7, 11) is 0. The number of nitrogens with zero attached hydrogens (tertiary/aromatic N) is 2. The molecule has 0 saturated carbocycles. The first-order chi connectivity index (χ1) is 11.0. The van der Waals surface area contributed by atoms with Crippen LogP contribution >= 0.6 is 0 Å². The zero-order valence-electron chi connectivity index (χ0n) is 11.9. The van der Waals surface area contributed by atoms with Crippen molar-refractivity contribution in [2.24, 2.45) is 0 Å². The smallest absolute Gasteiger partial charge is 0.198 e. The van der Waals surface area contributed by atoms with Gasteiger partial charge in [0, 0.05) is 23.5 Å². The Hall–Kier alpha value is -2.76. The van der Waals surface area contributed by atoms with Crippen LogP contribution in [0.25, 0.3) is 22.5 Å². The van der Waals surface area contributed by atoms with Gasteiger partial charge in [-0.15, -0.1) is 0 Å². The fourth-order valence-corrected chi connectivity index (χ4v) is 2.25. The van der Waals surface area contributed by atoms with E-state index in [1.54, 1.807) is 31.3 Å². The fraction of sp³-hybridized carbons (Fsp3) is 0.0588. The molecule has 2 aromatic heterocycles. The molecule has 6 heteroatoms. The lowest BCUT2D eigenvalue weighted by Gasteiger charge is -2.09. The molecular formula is C17H10F4N2. The molecule has 0 aliphatic carbocycles. The van der Waals surface area contributed by atoms with Gasteiger partial charge >= 0.3 is 0 Å². The second-order valence-corrected chi connectivity index (χ2v) is 4.95. The van der Waals surface area contributed by atoms with Crippen molar-refractivity contribution in [3.05, 3.63) is 71.6 Å². The number of benzene rings is 1. The van der Waals surface area contributed by atoms with Crippen molar-refractivity contribution in [1.29, 1.82) is 0 Å². The highest BCUT2D eigenvalue weighted by molar-refractivity contribution is 5.68. The molecule has 0 atom stereocenters. The minimum absolute atomic E-state index is 0.0116. The topological polar surface area (TPSA) is 25.8 Å². The van der Waals surface area contributed by atoms with E-state index < -0.39 is 28.8 Å². The van der Waals surface area contributed by atoms with Gasteiger partial charge in [-0.25, -0.2) is 17.6 Å². The van der Waals surface area contributed by atoms with Crippen molar-refractivity contribution >= 4 is 0 Å². The molecule has 3 aromatic rings. The van der Waals surface area contributed by atoms with Crippen molar-refractivity contribution in [3.63, 3.8) is 0 Å². The van der Waals surface area contributed by atoms with Gasteiger partial charge in [-0.3, -0.25) is 9.97 Å². The van der Waals surface area contributed by atoms with E-state index in [1.165, 1.54) is 12.3 Å². The third kappa shape index (κ3) is 2.67. The van der Waals surface area contributed by atoms with Gasteiger partial charge in [0.2, 0.25) is 0 Å². The largest absolute Gasteiger partial charge is 0.256 e. The van der Waals surface area contributed by atoms with Crippen LogP contribution in [0.1, 0.15) is 5.56 Å². The molecule has 1 aromatic carbocycles. The van der Waals surface area contributed by atoms with Gasteiger partial charge in [0.25, 0.3) is 0 Å². The van der Waals surface area contributed by atoms with Crippen molar-refractivity contribution in [2.45, 2.75) is 6.92 Å². The van der Waals surface area contributed by atoms with Crippen LogP contribution in [0.4, 0.5) is 17.6 Å². The predicted molar refractivity (Wildman–Crippen MR) is 77.5 cm³/mol. The van der Waals surface area contributed by atoms with E-state index in [0.29, 0.717) is 22.9 Å². The summed E-state index contributed by atoms with van der Waals surface area (Å²) in [4.78, 5) is 8.21. The van der Waals surface area contributed by atoms with Crippen molar-refractivity contribution in [2.75, 3.05) is 0 Å². The number of aromatic nitrogens is 2. The Bertz CT molecular complexity index is 880. The van der Waals surface area contributed by atoms with Gasteiger partial charge in [0.15, 0.2) is 23.3 Å². The zero-order valence-corrected chi connectivity index (χ0v) is 11.9. The lowest BCUT2D eigenvalue weighted by Crippen LogP contribution is -2.00. The van der Waals surface area contributed by atoms with Crippen molar-refractivity contribution < 1.29 is 17.6 Å². The normalized spacial score (nSPS) is 10.8. The van der Waals surface area contributed by atoms with Crippen LogP contribution in [0, 0.1) is 30.2 Å². The first-order valence-electron chi connectivity index (χ1n) is 6.70. The zero-order chi connectivity index (χ0) is 16.6. The summed E-state index contributed by atoms with van der Waals surface area (Å²) in [6.45, 7) is 1.74. The molecule has 0 radical (unpaired) electrons. The average molecular weight is 318 g/mol. The Morgan fingerprint density at radius 1 is 0.783 bits per heavy atom. The standard InChI is InChI=1S/C17H10F4N2/c1-9-6-14(10-7-12(18)16(20)17(21)15(10)19)23-8-11(9)13-4-2-3-5-22-13/h2-8H,1H3. The van der Waals surface area contributed by atoms with Gasteiger partial charge in [0.1, 0.15) is 0 Å². The van der Waals surface area contributed by atoms with Crippen LogP contribution in [-0.4, -0.2) is 9.97 Å². The van der Waals surface area contributed by atoms with Crippen molar-refractivity contribution in [1.82, 2.24) is 9.97 Å². The Labute approximate surface area is 129 Å². The van der Waals surface area contributed by atoms with Crippen LogP contribution in [0.3, 0.4) is 0 Å². The third-order valence-electron chi connectivity index (χ3n) is 3.43. The summed E-state index contributed by atoms with van der Waals surface area (Å²) in [5.41, 5.74) is 1.64. The molecule has 116 valence electrons. The van der Waals surface area contributed by atoms with Crippen LogP contribution in [0.5, 0.6) is 0 Å². The highest BCUT2D eigenvalue weighted by Gasteiger charge is 2.21. The van der Waals surface area contributed by atoms with E-state index in [0.717, 1.165) is 0 Å². The summed E-state index contributed by atoms with van der Waals surface area (Å²) >= 11 is 0. The van der Waals surface area contributed by atoms with Crippen LogP contribution in [0.15, 0.2) is 42.7 Å². The Balaban J connectivity index is 2.12. The monoisotopic (exact) mass is 318 g/mol. The molecule has 0 saturated heterocycles. The summed E-state index contributed by atoms with van der Waals surface area (Å²) in [6.07, 6.45) is 3.05. The van der Waals surface area contributed by atoms with E-state index in [2.05, 4.69) is 9.97 Å². The number of aryl methyl sites for hydroxylation is 1. The predicted octanol–water partition coefficient (Wildman–Crippen LogP) is 4.68. The molecule has 0 unspecified atom stereocenters. The van der Waals surface area contributed by atoms with Gasteiger partial charge in [-0.1, -0.05) is 6.07 Å². The van der Waals surface area contributed by atoms with E-state index in [9.17, 15) is 17.6 Å². The molecule has 0 aliphatic heterocycles. The summed E-state index contributed by atoms with van der Waals surface area (Å²) < 4.78 is 53.6. The van der Waals surface area contributed by atoms with Crippen molar-refractivity contribution in [3.8, 4) is 22.5 Å². The molecule has 0 bridgehead atoms. The highest BCUT2D eigenvalue weighted by atomic mass is 19.2. The van der Waals surface area contributed by atoms with Gasteiger partial charge in [-0.2, -0.15) is 0 Å². The van der Waals surface area contributed by atoms with Crippen LogP contribution in [0.2, 0.25) is 0 Å². The summed E-state index contributed by atoms with van der Waals surface area (Å²) in [5.74, 6) is -6.63. The first-order valence-corrected chi connectivity index (χ1v) is 6.70. The average Bonchev–Trinajstić information content (AvgIpc) is 2.57. The van der Waals surface area contributed by atoms with E-state index >= 15 is 0 Å². The fourth-order valence-electron chi connectivity index (χ4n) is 2.25. The molecule has 0 N–H and O–H groups in total. The maximum Gasteiger partial charge on any atom is 0.198 e. The van der Waals surface area contributed by atoms with Gasteiger partial charge in [-0.05, 0) is 36.8 Å². The van der Waals surface area contributed by atoms with Gasteiger partial charge in [0.05, 0.1) is 11.4 Å². The number of rotatable bonds is 2. The highest BCUT2D eigenvalue weighted by Crippen LogP contribution is 2.29. The molecule has 2 nitrogen and oxygen atoms in total. The second kappa shape index (κ2) is 5.79. The number of hydrogen-bond donors (Lipinski definition) is 0. The molecule has 2 heterocycles. The third-order valence-corrected chi connectivity index (χ3v) is 3.43. The maximum absolute atomic E-state index is 13.8. The molecule has 0 spiro atoms. The van der Waals surface area contributed by atoms with Gasteiger partial charge < -0.3 is 0 Å². The number of halogens is 4. The number of hydrogen-bond acceptors (Lipinski definition) is 2. The SMILES string of the molecule is Cc1cc(-c2cc(F)c(F)c(F)c2F)ncc1-c1ccccn1. The lowest BCUT2D eigenvalue weighted by atomic mass is 10.0. The molecule has 0 fully saturated rings. The quantitative estimate of drug-likeness (QED) is 0.390. The molecule has 3 rings (SSSR count). The maximum atomic E-state index is 13.8. The molecule has 0 amide bonds. The Morgan fingerprint density at radius 3 is 2.22 bits per heavy atom. The summed E-state index contributed by atoms with van der Waals surface area (Å²) in [6, 6.07) is 7.41. The van der Waals surface area contributed by atoms with E-state index in [1.807, 2.05) is 0 Å². The van der Waals surface area contributed by atoms with Crippen LogP contribution in [-0.2, 0) is 0 Å². The molecular weight excluding hydrogens is 308 g/mol. The first kappa shape index (κ1) is 15.1. The lowest BCUT2D eigenvalue weighted by molar-refractivity contribution is 0.410. The van der Waals surface area contributed by atoms with E-state index in [-0.39, 0.29) is 5.69 Å². The minimum Gasteiger partial charge on any atom is -0.256 e. The Morgan fingerprint density at radius 2 is 1.57 bits per heavy atom. The second-order valence-electron chi connectivity index (χ2n) is 4.95. The van der Waals surface area contributed by atoms with E-state index in [4.69, 9.17) is 0 Å². The number of pyridine rings is 2. The molecule has 0 aliphatic rings. The summed E-state index contributed by atoms with van der Waals surface area (Å²) in [5, 5.41) is 0. The Kier molecular flexibility index (Phi) is 3.82. The molecule has 23 heavy (non-hydrogen) atoms.